The molecule has 0 saturated heterocycles. The molecule has 0 unspecified atom stereocenters. The van der Waals surface area contributed by atoms with Gasteiger partial charge in [0, 0.05) is 5.56 Å². The van der Waals surface area contributed by atoms with Crippen LogP contribution < -0.4 is 4.74 Å². The quantitative estimate of drug-likeness (QED) is 0.503. The van der Waals surface area contributed by atoms with E-state index in [1.807, 2.05) is 30.3 Å². The third kappa shape index (κ3) is 4.56. The van der Waals surface area contributed by atoms with E-state index in [9.17, 15) is 18.0 Å². The molecule has 0 atom stereocenters. The lowest BCUT2D eigenvalue weighted by Gasteiger charge is -2.13. The second-order valence-electron chi connectivity index (χ2n) is 6.11. The number of ketones is 1. The topological polar surface area (TPSA) is 26.3 Å². The van der Waals surface area contributed by atoms with Crippen LogP contribution in [0.25, 0.3) is 11.1 Å². The van der Waals surface area contributed by atoms with Crippen LogP contribution in [0, 0.1) is 0 Å². The van der Waals surface area contributed by atoms with Gasteiger partial charge in [-0.15, -0.1) is 0 Å². The summed E-state index contributed by atoms with van der Waals surface area (Å²) in [5.74, 6) is 0.0116. The summed E-state index contributed by atoms with van der Waals surface area (Å²) in [6.07, 6.45) is -4.59. The van der Waals surface area contributed by atoms with E-state index < -0.39 is 17.5 Å². The van der Waals surface area contributed by atoms with Crippen molar-refractivity contribution in [1.29, 1.82) is 0 Å². The van der Waals surface area contributed by atoms with E-state index in [0.29, 0.717) is 23.5 Å². The van der Waals surface area contributed by atoms with Gasteiger partial charge < -0.3 is 4.74 Å². The molecule has 0 saturated carbocycles. The maximum atomic E-state index is 13.3. The van der Waals surface area contributed by atoms with Crippen LogP contribution in [0.5, 0.6) is 5.75 Å². The Morgan fingerprint density at radius 1 is 0.889 bits per heavy atom. The summed E-state index contributed by atoms with van der Waals surface area (Å²) in [5, 5.41) is 0. The first-order valence-corrected chi connectivity index (χ1v) is 8.34. The number of ether oxygens (including phenoxy) is 1. The van der Waals surface area contributed by atoms with Crippen molar-refractivity contribution in [2.24, 2.45) is 0 Å². The Labute approximate surface area is 155 Å². The number of hydrogen-bond acceptors (Lipinski definition) is 2. The fourth-order valence-corrected chi connectivity index (χ4v) is 2.75. The molecule has 0 aliphatic carbocycles. The van der Waals surface area contributed by atoms with Crippen molar-refractivity contribution in [3.05, 3.63) is 89.5 Å². The first-order chi connectivity index (χ1) is 12.8. The third-order valence-corrected chi connectivity index (χ3v) is 4.14. The van der Waals surface area contributed by atoms with E-state index in [2.05, 4.69) is 0 Å². The zero-order valence-electron chi connectivity index (χ0n) is 14.6. The van der Waals surface area contributed by atoms with Gasteiger partial charge in [0.2, 0.25) is 0 Å². The van der Waals surface area contributed by atoms with Gasteiger partial charge in [0.25, 0.3) is 0 Å². The summed E-state index contributed by atoms with van der Waals surface area (Å²) in [5.41, 5.74) is 0.784. The van der Waals surface area contributed by atoms with Crippen LogP contribution >= 0.6 is 0 Å². The molecule has 0 heterocycles. The third-order valence-electron chi connectivity index (χ3n) is 4.14. The molecule has 0 amide bonds. The Balaban J connectivity index is 1.81. The first kappa shape index (κ1) is 18.7. The minimum Gasteiger partial charge on any atom is -0.489 e. The molecule has 0 bridgehead atoms. The van der Waals surface area contributed by atoms with Crippen molar-refractivity contribution >= 4 is 5.78 Å². The van der Waals surface area contributed by atoms with Gasteiger partial charge in [-0.3, -0.25) is 4.79 Å². The highest BCUT2D eigenvalue weighted by atomic mass is 19.4. The van der Waals surface area contributed by atoms with Crippen molar-refractivity contribution < 1.29 is 22.7 Å². The van der Waals surface area contributed by atoms with Gasteiger partial charge in [-0.25, -0.2) is 0 Å². The monoisotopic (exact) mass is 370 g/mol. The minimum absolute atomic E-state index is 0.325. The maximum Gasteiger partial charge on any atom is 0.417 e. The summed E-state index contributed by atoms with van der Waals surface area (Å²) in [6, 6.07) is 20.2. The fourth-order valence-electron chi connectivity index (χ4n) is 2.75. The van der Waals surface area contributed by atoms with Crippen molar-refractivity contribution in [3.63, 3.8) is 0 Å². The molecule has 0 radical (unpaired) electrons. The number of hydrogen-bond donors (Lipinski definition) is 0. The molecule has 3 aromatic rings. The summed E-state index contributed by atoms with van der Waals surface area (Å²) < 4.78 is 45.5. The summed E-state index contributed by atoms with van der Waals surface area (Å²) in [7, 11) is 0. The molecule has 3 rings (SSSR count). The van der Waals surface area contributed by atoms with Gasteiger partial charge in [-0.2, -0.15) is 13.2 Å². The van der Waals surface area contributed by atoms with Crippen LogP contribution in [0.15, 0.2) is 72.8 Å². The minimum atomic E-state index is -4.59. The van der Waals surface area contributed by atoms with E-state index >= 15 is 0 Å². The lowest BCUT2D eigenvalue weighted by Crippen LogP contribution is -2.11. The summed E-state index contributed by atoms with van der Waals surface area (Å²) in [6.45, 7) is 1.54. The molecule has 5 heteroatoms. The average molecular weight is 370 g/mol. The largest absolute Gasteiger partial charge is 0.489 e. The predicted octanol–water partition coefficient (Wildman–Crippen LogP) is 6.15. The van der Waals surface area contributed by atoms with Gasteiger partial charge in [0.1, 0.15) is 12.4 Å². The van der Waals surface area contributed by atoms with Crippen LogP contribution in [0.1, 0.15) is 28.4 Å². The number of carbonyl (C=O) groups is 1. The van der Waals surface area contributed by atoms with Crippen LogP contribution in [-0.4, -0.2) is 5.78 Å². The van der Waals surface area contributed by atoms with Crippen molar-refractivity contribution in [2.45, 2.75) is 19.7 Å². The Morgan fingerprint density at radius 3 is 2.11 bits per heavy atom. The summed E-state index contributed by atoms with van der Waals surface area (Å²) >= 11 is 0. The van der Waals surface area contributed by atoms with E-state index in [1.165, 1.54) is 12.1 Å². The van der Waals surface area contributed by atoms with E-state index in [0.717, 1.165) is 18.6 Å². The summed E-state index contributed by atoms with van der Waals surface area (Å²) in [4.78, 5) is 11.5. The zero-order valence-corrected chi connectivity index (χ0v) is 14.6. The second kappa shape index (κ2) is 7.66. The molecule has 2 nitrogen and oxygen atoms in total. The van der Waals surface area contributed by atoms with Crippen LogP contribution in [0.4, 0.5) is 13.2 Å². The molecular weight excluding hydrogens is 353 g/mol. The smallest absolute Gasteiger partial charge is 0.417 e. The van der Waals surface area contributed by atoms with Gasteiger partial charge in [0.15, 0.2) is 5.78 Å². The number of carbonyl (C=O) groups excluding carboxylic acids is 1. The standard InChI is InChI=1S/C22H17F3O2/c1-15(26)20-12-9-18(13-21(20)22(23,24)25)17-7-10-19(11-8-17)27-14-16-5-3-2-4-6-16/h2-13H,14H2,1H3. The molecule has 0 aliphatic rings. The fraction of sp³-hybridized carbons (Fsp3) is 0.136. The Morgan fingerprint density at radius 2 is 1.52 bits per heavy atom. The van der Waals surface area contributed by atoms with Crippen LogP contribution in [-0.2, 0) is 12.8 Å². The highest BCUT2D eigenvalue weighted by Gasteiger charge is 2.34. The maximum absolute atomic E-state index is 13.3. The van der Waals surface area contributed by atoms with Crippen molar-refractivity contribution in [1.82, 2.24) is 0 Å². The molecule has 0 N–H and O–H groups in total. The number of alkyl halides is 3. The number of rotatable bonds is 5. The number of halogens is 3. The van der Waals surface area contributed by atoms with Gasteiger partial charge in [0.05, 0.1) is 5.56 Å². The van der Waals surface area contributed by atoms with E-state index in [4.69, 9.17) is 4.74 Å². The molecule has 0 spiro atoms. The van der Waals surface area contributed by atoms with E-state index in [1.54, 1.807) is 24.3 Å². The van der Waals surface area contributed by atoms with Gasteiger partial charge in [-0.05, 0) is 41.8 Å². The average Bonchev–Trinajstić information content (AvgIpc) is 2.66. The van der Waals surface area contributed by atoms with Gasteiger partial charge in [-0.1, -0.05) is 54.6 Å². The molecule has 0 aromatic heterocycles. The SMILES string of the molecule is CC(=O)c1ccc(-c2ccc(OCc3ccccc3)cc2)cc1C(F)(F)F. The molecule has 0 aliphatic heterocycles. The molecule has 3 aromatic carbocycles. The molecular formula is C22H17F3O2. The Bertz CT molecular complexity index is 930. The van der Waals surface area contributed by atoms with Crippen molar-refractivity contribution in [2.75, 3.05) is 0 Å². The first-order valence-electron chi connectivity index (χ1n) is 8.34. The van der Waals surface area contributed by atoms with E-state index in [-0.39, 0.29) is 5.56 Å². The predicted molar refractivity (Wildman–Crippen MR) is 97.7 cm³/mol. The second-order valence-corrected chi connectivity index (χ2v) is 6.11. The highest BCUT2D eigenvalue weighted by Crippen LogP contribution is 2.35. The Kier molecular flexibility index (Phi) is 5.31. The Hall–Kier alpha value is -3.08. The highest BCUT2D eigenvalue weighted by molar-refractivity contribution is 5.96. The molecule has 27 heavy (non-hydrogen) atoms. The lowest BCUT2D eigenvalue weighted by atomic mass is 9.97. The molecule has 0 fully saturated rings. The zero-order chi connectivity index (χ0) is 19.4. The molecule has 138 valence electrons. The van der Waals surface area contributed by atoms with Crippen LogP contribution in [0.3, 0.4) is 0 Å². The number of Topliss-reactive ketones (excluding diaryl/α,β-unsaturated/α-hetero) is 1. The normalized spacial score (nSPS) is 11.3. The van der Waals surface area contributed by atoms with Gasteiger partial charge >= 0.3 is 6.18 Å². The van der Waals surface area contributed by atoms with Crippen molar-refractivity contribution in [3.8, 4) is 16.9 Å². The lowest BCUT2D eigenvalue weighted by molar-refractivity contribution is -0.137. The van der Waals surface area contributed by atoms with Crippen LogP contribution in [0.2, 0.25) is 0 Å². The number of benzene rings is 3.